The third kappa shape index (κ3) is 3.53. The van der Waals surface area contributed by atoms with E-state index in [2.05, 4.69) is 5.10 Å². The number of hydrogen-bond acceptors (Lipinski definition) is 5. The fraction of sp³-hybridized carbons (Fsp3) is 0.444. The van der Waals surface area contributed by atoms with Gasteiger partial charge in [0.25, 0.3) is 5.56 Å². The van der Waals surface area contributed by atoms with E-state index in [-0.39, 0.29) is 29.7 Å². The largest absolute Gasteiger partial charge is 0.453 e. The summed E-state index contributed by atoms with van der Waals surface area (Å²) in [6.07, 6.45) is 0. The molecule has 0 radical (unpaired) electrons. The molecule has 0 atom stereocenters. The van der Waals surface area contributed by atoms with Crippen LogP contribution < -0.4 is 5.56 Å². The number of rotatable bonds is 4. The number of carbonyl (C=O) groups is 2. The first kappa shape index (κ1) is 17.8. The molecule has 0 saturated heterocycles. The van der Waals surface area contributed by atoms with Crippen LogP contribution >= 0.6 is 0 Å². The van der Waals surface area contributed by atoms with E-state index in [0.717, 1.165) is 0 Å². The van der Waals surface area contributed by atoms with E-state index in [1.807, 2.05) is 0 Å². The molecule has 0 fully saturated rings. The summed E-state index contributed by atoms with van der Waals surface area (Å²) < 4.78 is 6.39. The maximum atomic E-state index is 12.4. The fourth-order valence-corrected chi connectivity index (χ4v) is 2.12. The van der Waals surface area contributed by atoms with Crippen LogP contribution in [0.4, 0.5) is 0 Å². The molecule has 0 aliphatic rings. The van der Waals surface area contributed by atoms with Crippen LogP contribution in [0.15, 0.2) is 29.1 Å². The van der Waals surface area contributed by atoms with Gasteiger partial charge in [-0.3, -0.25) is 9.59 Å². The van der Waals surface area contributed by atoms with Crippen LogP contribution in [0.25, 0.3) is 10.8 Å². The number of benzene rings is 1. The normalized spacial score (nSPS) is 11.8. The van der Waals surface area contributed by atoms with Crippen molar-refractivity contribution >= 4 is 22.5 Å². The molecule has 2 rings (SSSR count). The molecule has 0 aliphatic heterocycles. The summed E-state index contributed by atoms with van der Waals surface area (Å²) in [4.78, 5) is 36.8. The molecule has 0 amide bonds. The molecule has 1 aromatic carbocycles. The third-order valence-corrected chi connectivity index (χ3v) is 3.68. The second-order valence-electron chi connectivity index (χ2n) is 6.99. The van der Waals surface area contributed by atoms with Crippen molar-refractivity contribution in [1.29, 1.82) is 0 Å². The van der Waals surface area contributed by atoms with Gasteiger partial charge in [-0.1, -0.05) is 39.0 Å². The van der Waals surface area contributed by atoms with Gasteiger partial charge >= 0.3 is 5.97 Å². The molecule has 2 aromatic rings. The molecule has 0 saturated carbocycles. The Labute approximate surface area is 140 Å². The SMILES string of the molecule is CC(C)n1nc(C(=O)OCC(=O)C(C)(C)C)c2ccccc2c1=O. The van der Waals surface area contributed by atoms with Gasteiger partial charge in [-0.15, -0.1) is 0 Å². The van der Waals surface area contributed by atoms with Gasteiger partial charge in [-0.2, -0.15) is 5.10 Å². The zero-order chi connectivity index (χ0) is 18.1. The highest BCUT2D eigenvalue weighted by Gasteiger charge is 2.24. The number of esters is 1. The predicted octanol–water partition coefficient (Wildman–Crippen LogP) is 2.75. The molecule has 24 heavy (non-hydrogen) atoms. The summed E-state index contributed by atoms with van der Waals surface area (Å²) in [6.45, 7) is 8.57. The predicted molar refractivity (Wildman–Crippen MR) is 91.1 cm³/mol. The number of ketones is 1. The van der Waals surface area contributed by atoms with Crippen LogP contribution in [-0.4, -0.2) is 28.1 Å². The first-order chi connectivity index (χ1) is 11.1. The number of nitrogens with zero attached hydrogens (tertiary/aromatic N) is 2. The maximum Gasteiger partial charge on any atom is 0.359 e. The van der Waals surface area contributed by atoms with Gasteiger partial charge in [0.1, 0.15) is 0 Å². The first-order valence-electron chi connectivity index (χ1n) is 7.85. The number of aromatic nitrogens is 2. The lowest BCUT2D eigenvalue weighted by Gasteiger charge is -2.17. The third-order valence-electron chi connectivity index (χ3n) is 3.68. The zero-order valence-corrected chi connectivity index (χ0v) is 14.6. The molecule has 1 aromatic heterocycles. The minimum atomic E-state index is -0.710. The Morgan fingerprint density at radius 3 is 2.29 bits per heavy atom. The quantitative estimate of drug-likeness (QED) is 0.806. The van der Waals surface area contributed by atoms with Crippen molar-refractivity contribution in [2.24, 2.45) is 5.41 Å². The van der Waals surface area contributed by atoms with E-state index in [1.165, 1.54) is 4.68 Å². The highest BCUT2D eigenvalue weighted by molar-refractivity contribution is 6.02. The summed E-state index contributed by atoms with van der Waals surface area (Å²) in [6, 6.07) is 6.54. The Hall–Kier alpha value is -2.50. The van der Waals surface area contributed by atoms with Crippen molar-refractivity contribution < 1.29 is 14.3 Å². The van der Waals surface area contributed by atoms with E-state index < -0.39 is 11.4 Å². The van der Waals surface area contributed by atoms with Gasteiger partial charge in [0, 0.05) is 10.8 Å². The lowest BCUT2D eigenvalue weighted by atomic mass is 9.91. The van der Waals surface area contributed by atoms with Crippen molar-refractivity contribution in [1.82, 2.24) is 9.78 Å². The van der Waals surface area contributed by atoms with Crippen LogP contribution in [-0.2, 0) is 9.53 Å². The summed E-state index contributed by atoms with van der Waals surface area (Å²) in [5.41, 5.74) is -0.810. The second-order valence-corrected chi connectivity index (χ2v) is 6.99. The molecule has 0 N–H and O–H groups in total. The minimum Gasteiger partial charge on any atom is -0.453 e. The zero-order valence-electron chi connectivity index (χ0n) is 14.6. The van der Waals surface area contributed by atoms with Crippen LogP contribution in [0.1, 0.15) is 51.1 Å². The number of Topliss-reactive ketones (excluding diaryl/α,β-unsaturated/α-hetero) is 1. The average Bonchev–Trinajstić information content (AvgIpc) is 2.51. The number of hydrogen-bond donors (Lipinski definition) is 0. The molecular weight excluding hydrogens is 308 g/mol. The van der Waals surface area contributed by atoms with E-state index >= 15 is 0 Å². The lowest BCUT2D eigenvalue weighted by molar-refractivity contribution is -0.129. The van der Waals surface area contributed by atoms with Gasteiger partial charge in [0.05, 0.1) is 11.4 Å². The molecular formula is C18H22N2O4. The van der Waals surface area contributed by atoms with Crippen LogP contribution in [0.2, 0.25) is 0 Å². The Bertz CT molecular complexity index is 844. The van der Waals surface area contributed by atoms with Gasteiger partial charge in [-0.25, -0.2) is 9.48 Å². The smallest absolute Gasteiger partial charge is 0.359 e. The molecule has 0 spiro atoms. The standard InChI is InChI=1S/C18H22N2O4/c1-11(2)20-16(22)13-9-7-6-8-12(13)15(19-20)17(23)24-10-14(21)18(3,4)5/h6-9,11H,10H2,1-5H3. The van der Waals surface area contributed by atoms with Gasteiger partial charge < -0.3 is 4.74 Å². The molecule has 6 heteroatoms. The second kappa shape index (κ2) is 6.55. The van der Waals surface area contributed by atoms with Gasteiger partial charge in [0.15, 0.2) is 18.1 Å². The lowest BCUT2D eigenvalue weighted by Crippen LogP contribution is -2.30. The Morgan fingerprint density at radius 1 is 1.17 bits per heavy atom. The van der Waals surface area contributed by atoms with Crippen LogP contribution in [0.5, 0.6) is 0 Å². The molecule has 128 valence electrons. The summed E-state index contributed by atoms with van der Waals surface area (Å²) in [5, 5.41) is 4.98. The average molecular weight is 330 g/mol. The Morgan fingerprint density at radius 2 is 1.75 bits per heavy atom. The Balaban J connectivity index is 2.44. The number of ether oxygens (including phenoxy) is 1. The van der Waals surface area contributed by atoms with E-state index in [4.69, 9.17) is 4.74 Å². The Kier molecular flexibility index (Phi) is 4.87. The van der Waals surface area contributed by atoms with Crippen LogP contribution in [0, 0.1) is 5.41 Å². The number of fused-ring (bicyclic) bond motifs is 1. The molecule has 0 unspecified atom stereocenters. The molecule has 1 heterocycles. The van der Waals surface area contributed by atoms with Crippen molar-refractivity contribution in [3.63, 3.8) is 0 Å². The van der Waals surface area contributed by atoms with Crippen molar-refractivity contribution in [2.45, 2.75) is 40.7 Å². The summed E-state index contributed by atoms with van der Waals surface area (Å²) >= 11 is 0. The number of carbonyl (C=O) groups excluding carboxylic acids is 2. The highest BCUT2D eigenvalue weighted by Crippen LogP contribution is 2.17. The van der Waals surface area contributed by atoms with Crippen molar-refractivity contribution in [2.75, 3.05) is 6.61 Å². The van der Waals surface area contributed by atoms with Gasteiger partial charge in [0.2, 0.25) is 0 Å². The fourth-order valence-electron chi connectivity index (χ4n) is 2.12. The van der Waals surface area contributed by atoms with E-state index in [0.29, 0.717) is 10.8 Å². The topological polar surface area (TPSA) is 78.3 Å². The van der Waals surface area contributed by atoms with E-state index in [9.17, 15) is 14.4 Å². The van der Waals surface area contributed by atoms with Gasteiger partial charge in [-0.05, 0) is 19.9 Å². The van der Waals surface area contributed by atoms with Crippen molar-refractivity contribution in [3.05, 3.63) is 40.3 Å². The van der Waals surface area contributed by atoms with E-state index in [1.54, 1.807) is 58.9 Å². The maximum absolute atomic E-state index is 12.4. The molecule has 6 nitrogen and oxygen atoms in total. The van der Waals surface area contributed by atoms with Crippen molar-refractivity contribution in [3.8, 4) is 0 Å². The highest BCUT2D eigenvalue weighted by atomic mass is 16.5. The summed E-state index contributed by atoms with van der Waals surface area (Å²) in [5.74, 6) is -0.893. The first-order valence-corrected chi connectivity index (χ1v) is 7.85. The molecule has 0 bridgehead atoms. The summed E-state index contributed by atoms with van der Waals surface area (Å²) in [7, 11) is 0. The minimum absolute atomic E-state index is 0.0422. The van der Waals surface area contributed by atoms with Crippen LogP contribution in [0.3, 0.4) is 0 Å². The monoisotopic (exact) mass is 330 g/mol. The molecule has 0 aliphatic carbocycles.